The van der Waals surface area contributed by atoms with Crippen LogP contribution >= 0.6 is 11.6 Å². The van der Waals surface area contributed by atoms with E-state index in [1.807, 2.05) is 0 Å². The van der Waals surface area contributed by atoms with Crippen molar-refractivity contribution in [3.63, 3.8) is 0 Å². The van der Waals surface area contributed by atoms with Crippen molar-refractivity contribution >= 4 is 33.1 Å². The molecule has 0 aliphatic heterocycles. The number of hydrogen-bond donors (Lipinski definition) is 3. The van der Waals surface area contributed by atoms with Gasteiger partial charge in [0.25, 0.3) is 15.6 Å². The zero-order valence-electron chi connectivity index (χ0n) is 10.3. The number of aromatic nitrogens is 2. The number of nitrogens with two attached hydrogens (primary N) is 1. The fourth-order valence-electron chi connectivity index (χ4n) is 1.47. The van der Waals surface area contributed by atoms with Crippen LogP contribution in [-0.4, -0.2) is 18.6 Å². The van der Waals surface area contributed by atoms with E-state index in [1.54, 1.807) is 6.92 Å². The number of halogens is 1. The van der Waals surface area contributed by atoms with Crippen molar-refractivity contribution in [2.24, 2.45) is 0 Å². The molecule has 1 heterocycles. The van der Waals surface area contributed by atoms with Crippen molar-refractivity contribution in [1.29, 1.82) is 0 Å². The number of nitrogen functional groups attached to an aromatic ring is 1. The van der Waals surface area contributed by atoms with E-state index in [2.05, 4.69) is 14.9 Å². The van der Waals surface area contributed by atoms with Crippen molar-refractivity contribution in [1.82, 2.24) is 10.2 Å². The zero-order valence-corrected chi connectivity index (χ0v) is 11.9. The van der Waals surface area contributed by atoms with Crippen molar-refractivity contribution in [2.75, 3.05) is 10.5 Å². The molecule has 1 aromatic carbocycles. The minimum atomic E-state index is -3.94. The van der Waals surface area contributed by atoms with Crippen LogP contribution in [0.15, 0.2) is 34.0 Å². The second kappa shape index (κ2) is 5.14. The number of benzene rings is 1. The lowest BCUT2D eigenvalue weighted by atomic mass is 10.2. The summed E-state index contributed by atoms with van der Waals surface area (Å²) in [6.07, 6.45) is 0. The van der Waals surface area contributed by atoms with Gasteiger partial charge in [-0.25, -0.2) is 13.5 Å². The molecule has 20 heavy (non-hydrogen) atoms. The van der Waals surface area contributed by atoms with Gasteiger partial charge in [-0.1, -0.05) is 11.6 Å². The molecular formula is C11H11ClN4O3S. The average molecular weight is 315 g/mol. The number of H-pyrrole nitrogens is 1. The number of aromatic amines is 1. The molecule has 0 bridgehead atoms. The van der Waals surface area contributed by atoms with Crippen LogP contribution < -0.4 is 16.0 Å². The topological polar surface area (TPSA) is 118 Å². The Balaban J connectivity index is 2.43. The summed E-state index contributed by atoms with van der Waals surface area (Å²) < 4.78 is 26.6. The van der Waals surface area contributed by atoms with E-state index in [1.165, 1.54) is 18.2 Å². The van der Waals surface area contributed by atoms with E-state index < -0.39 is 15.6 Å². The fourth-order valence-corrected chi connectivity index (χ4v) is 3.09. The van der Waals surface area contributed by atoms with Crippen molar-refractivity contribution in [3.8, 4) is 0 Å². The summed E-state index contributed by atoms with van der Waals surface area (Å²) in [5.74, 6) is -0.0280. The van der Waals surface area contributed by atoms with Crippen LogP contribution in [0.25, 0.3) is 0 Å². The molecule has 0 unspecified atom stereocenters. The normalized spacial score (nSPS) is 11.3. The number of aryl methyl sites for hydroxylation is 1. The monoisotopic (exact) mass is 314 g/mol. The maximum absolute atomic E-state index is 12.2. The lowest BCUT2D eigenvalue weighted by molar-refractivity contribution is 0.601. The first-order valence-electron chi connectivity index (χ1n) is 5.44. The van der Waals surface area contributed by atoms with Gasteiger partial charge in [-0.05, 0) is 30.7 Å². The number of hydrogen-bond acceptors (Lipinski definition) is 5. The largest absolute Gasteiger partial charge is 0.398 e. The maximum Gasteiger partial charge on any atom is 0.264 e. The Labute approximate surface area is 119 Å². The van der Waals surface area contributed by atoms with E-state index in [0.717, 1.165) is 6.07 Å². The highest BCUT2D eigenvalue weighted by molar-refractivity contribution is 7.92. The molecular weight excluding hydrogens is 304 g/mol. The molecule has 2 rings (SSSR count). The predicted molar refractivity (Wildman–Crippen MR) is 76.3 cm³/mol. The Morgan fingerprint density at radius 1 is 1.35 bits per heavy atom. The second-order valence-electron chi connectivity index (χ2n) is 4.05. The SMILES string of the molecule is Cc1cc(Cl)c(S(=O)(=O)Nc2ccc(=O)[nH]n2)cc1N. The number of rotatable bonds is 3. The minimum Gasteiger partial charge on any atom is -0.398 e. The summed E-state index contributed by atoms with van der Waals surface area (Å²) in [7, 11) is -3.94. The second-order valence-corrected chi connectivity index (χ2v) is 6.11. The molecule has 0 spiro atoms. The molecule has 7 nitrogen and oxygen atoms in total. The predicted octanol–water partition coefficient (Wildman–Crippen LogP) is 1.11. The van der Waals surface area contributed by atoms with Gasteiger partial charge in [-0.3, -0.25) is 9.52 Å². The van der Waals surface area contributed by atoms with Crippen LogP contribution in [0.1, 0.15) is 5.56 Å². The Morgan fingerprint density at radius 2 is 2.05 bits per heavy atom. The number of nitrogens with one attached hydrogen (secondary N) is 2. The Morgan fingerprint density at radius 3 is 2.65 bits per heavy atom. The summed E-state index contributed by atoms with van der Waals surface area (Å²) >= 11 is 5.92. The molecule has 1 aromatic heterocycles. The van der Waals surface area contributed by atoms with Gasteiger partial charge in [0, 0.05) is 11.8 Å². The molecule has 0 fully saturated rings. The van der Waals surface area contributed by atoms with Gasteiger partial charge >= 0.3 is 0 Å². The highest BCUT2D eigenvalue weighted by Crippen LogP contribution is 2.27. The number of sulfonamides is 1. The molecule has 0 amide bonds. The Hall–Kier alpha value is -2.06. The molecule has 4 N–H and O–H groups in total. The van der Waals surface area contributed by atoms with Gasteiger partial charge in [0.05, 0.1) is 5.02 Å². The van der Waals surface area contributed by atoms with Gasteiger partial charge in [-0.15, -0.1) is 0 Å². The third-order valence-corrected chi connectivity index (χ3v) is 4.35. The van der Waals surface area contributed by atoms with Crippen molar-refractivity contribution < 1.29 is 8.42 Å². The third kappa shape index (κ3) is 2.91. The van der Waals surface area contributed by atoms with E-state index >= 15 is 0 Å². The summed E-state index contributed by atoms with van der Waals surface area (Å²) in [5, 5.41) is 5.73. The summed E-state index contributed by atoms with van der Waals surface area (Å²) in [5.41, 5.74) is 6.23. The highest BCUT2D eigenvalue weighted by Gasteiger charge is 2.20. The summed E-state index contributed by atoms with van der Waals surface area (Å²) in [6, 6.07) is 5.12. The Bertz CT molecular complexity index is 796. The quantitative estimate of drug-likeness (QED) is 0.733. The Kier molecular flexibility index (Phi) is 3.69. The maximum atomic E-state index is 12.2. The van der Waals surface area contributed by atoms with Gasteiger partial charge in [-0.2, -0.15) is 5.10 Å². The lowest BCUT2D eigenvalue weighted by Crippen LogP contribution is -2.17. The van der Waals surface area contributed by atoms with Crippen molar-refractivity contribution in [2.45, 2.75) is 11.8 Å². The van der Waals surface area contributed by atoms with Crippen LogP contribution in [-0.2, 0) is 10.0 Å². The molecule has 0 radical (unpaired) electrons. The van der Waals surface area contributed by atoms with E-state index in [9.17, 15) is 13.2 Å². The van der Waals surface area contributed by atoms with Crippen LogP contribution in [0, 0.1) is 6.92 Å². The molecule has 106 valence electrons. The first kappa shape index (κ1) is 14.4. The number of anilines is 2. The molecule has 2 aromatic rings. The van der Waals surface area contributed by atoms with Gasteiger partial charge in [0.2, 0.25) is 0 Å². The van der Waals surface area contributed by atoms with Crippen LogP contribution in [0.3, 0.4) is 0 Å². The van der Waals surface area contributed by atoms with Crippen LogP contribution in [0.2, 0.25) is 5.02 Å². The highest BCUT2D eigenvalue weighted by atomic mass is 35.5. The third-order valence-electron chi connectivity index (χ3n) is 2.53. The molecule has 0 saturated carbocycles. The summed E-state index contributed by atoms with van der Waals surface area (Å²) in [4.78, 5) is 10.7. The lowest BCUT2D eigenvalue weighted by Gasteiger charge is -2.10. The average Bonchev–Trinajstić information content (AvgIpc) is 2.36. The molecule has 0 saturated heterocycles. The first-order valence-corrected chi connectivity index (χ1v) is 7.30. The van der Waals surface area contributed by atoms with Crippen molar-refractivity contribution in [3.05, 3.63) is 45.2 Å². The smallest absolute Gasteiger partial charge is 0.264 e. The molecule has 0 atom stereocenters. The van der Waals surface area contributed by atoms with Crippen LogP contribution in [0.5, 0.6) is 0 Å². The molecule has 0 aliphatic carbocycles. The van der Waals surface area contributed by atoms with Gasteiger partial charge < -0.3 is 5.73 Å². The van der Waals surface area contributed by atoms with E-state index in [-0.39, 0.29) is 15.7 Å². The first-order chi connectivity index (χ1) is 9.29. The number of nitrogens with zero attached hydrogens (tertiary/aromatic N) is 1. The summed E-state index contributed by atoms with van der Waals surface area (Å²) in [6.45, 7) is 1.72. The molecule has 0 aliphatic rings. The zero-order chi connectivity index (χ0) is 14.9. The van der Waals surface area contributed by atoms with E-state index in [0.29, 0.717) is 11.3 Å². The fraction of sp³-hybridized carbons (Fsp3) is 0.0909. The molecule has 9 heteroatoms. The van der Waals surface area contributed by atoms with Gasteiger partial charge in [0.1, 0.15) is 4.90 Å². The van der Waals surface area contributed by atoms with E-state index in [4.69, 9.17) is 17.3 Å². The minimum absolute atomic E-state index is 0.0280. The van der Waals surface area contributed by atoms with Crippen LogP contribution in [0.4, 0.5) is 11.5 Å². The van der Waals surface area contributed by atoms with Gasteiger partial charge in [0.15, 0.2) is 5.82 Å². The standard InChI is InChI=1S/C11H11ClN4O3S/c1-6-4-7(12)9(5-8(6)13)20(18,19)16-10-2-3-11(17)15-14-10/h2-5H,13H2,1H3,(H,14,16)(H,15,17).